The number of para-hydroxylation sites is 1. The van der Waals surface area contributed by atoms with Gasteiger partial charge in [0.15, 0.2) is 0 Å². The highest BCUT2D eigenvalue weighted by Crippen LogP contribution is 2.24. The molecule has 0 aliphatic carbocycles. The van der Waals surface area contributed by atoms with E-state index in [0.29, 0.717) is 12.3 Å². The largest absolute Gasteiger partial charge is 0.508 e. The summed E-state index contributed by atoms with van der Waals surface area (Å²) in [5.74, 6) is 0.530. The molecule has 0 saturated carbocycles. The number of rotatable bonds is 11. The Labute approximate surface area is 209 Å². The number of aromatic amines is 1. The molecule has 4 rings (SSSR count). The van der Waals surface area contributed by atoms with Crippen LogP contribution < -0.4 is 4.90 Å². The Bertz CT molecular complexity index is 1070. The number of phenolic OH excluding ortho intramolecular Hbond substituents is 1. The summed E-state index contributed by atoms with van der Waals surface area (Å²) in [7, 11) is 0. The van der Waals surface area contributed by atoms with Crippen LogP contribution in [-0.4, -0.2) is 71.1 Å². The molecule has 1 atom stereocenters. The molecule has 6 nitrogen and oxygen atoms in total. The molecular formula is C29H40N4O2. The second-order valence-electron chi connectivity index (χ2n) is 9.72. The number of amides is 1. The van der Waals surface area contributed by atoms with E-state index in [2.05, 4.69) is 51.9 Å². The first-order valence-corrected chi connectivity index (χ1v) is 13.2. The van der Waals surface area contributed by atoms with Crippen LogP contribution in [0.3, 0.4) is 0 Å². The first-order valence-electron chi connectivity index (χ1n) is 13.2. The smallest absolute Gasteiger partial charge is 0.241 e. The Balaban J connectivity index is 1.26. The van der Waals surface area contributed by atoms with E-state index in [-0.39, 0.29) is 11.9 Å². The highest BCUT2D eigenvalue weighted by atomic mass is 16.3. The van der Waals surface area contributed by atoms with Gasteiger partial charge in [0, 0.05) is 55.0 Å². The molecule has 3 aromatic rings. The molecule has 6 heteroatoms. The van der Waals surface area contributed by atoms with Crippen LogP contribution in [0.2, 0.25) is 0 Å². The third-order valence-electron chi connectivity index (χ3n) is 7.26. The molecule has 2 N–H and O–H groups in total. The van der Waals surface area contributed by atoms with E-state index in [1.54, 1.807) is 6.07 Å². The summed E-state index contributed by atoms with van der Waals surface area (Å²) in [5, 5.41) is 10.9. The molecule has 188 valence electrons. The van der Waals surface area contributed by atoms with E-state index >= 15 is 0 Å². The molecule has 1 unspecified atom stereocenters. The Kier molecular flexibility index (Phi) is 8.83. The first kappa shape index (κ1) is 25.3. The maximum atomic E-state index is 13.5. The van der Waals surface area contributed by atoms with Crippen molar-refractivity contribution in [3.8, 4) is 5.75 Å². The second kappa shape index (κ2) is 12.2. The van der Waals surface area contributed by atoms with Crippen LogP contribution in [0.4, 0.5) is 5.69 Å². The third-order valence-corrected chi connectivity index (χ3v) is 7.26. The monoisotopic (exact) mass is 476 g/mol. The molecule has 35 heavy (non-hydrogen) atoms. The Morgan fingerprint density at radius 2 is 1.80 bits per heavy atom. The predicted molar refractivity (Wildman–Crippen MR) is 144 cm³/mol. The highest BCUT2D eigenvalue weighted by Gasteiger charge is 2.26. The summed E-state index contributed by atoms with van der Waals surface area (Å²) in [4.78, 5) is 23.6. The number of hydrogen-bond acceptors (Lipinski definition) is 4. The van der Waals surface area contributed by atoms with Gasteiger partial charge < -0.3 is 19.9 Å². The number of H-pyrrole nitrogens is 1. The van der Waals surface area contributed by atoms with Gasteiger partial charge in [-0.3, -0.25) is 9.69 Å². The topological polar surface area (TPSA) is 62.8 Å². The number of carbonyl (C=O) groups is 1. The average Bonchev–Trinajstić information content (AvgIpc) is 3.27. The molecule has 0 spiro atoms. The van der Waals surface area contributed by atoms with E-state index in [9.17, 15) is 9.90 Å². The summed E-state index contributed by atoms with van der Waals surface area (Å²) in [5.41, 5.74) is 3.35. The quantitative estimate of drug-likeness (QED) is 0.407. The van der Waals surface area contributed by atoms with Crippen molar-refractivity contribution >= 4 is 22.5 Å². The van der Waals surface area contributed by atoms with Crippen molar-refractivity contribution in [2.45, 2.75) is 52.0 Å². The van der Waals surface area contributed by atoms with Gasteiger partial charge in [-0.2, -0.15) is 0 Å². The van der Waals surface area contributed by atoms with Gasteiger partial charge in [0.1, 0.15) is 5.75 Å². The summed E-state index contributed by atoms with van der Waals surface area (Å²) in [6, 6.07) is 15.9. The second-order valence-corrected chi connectivity index (χ2v) is 9.72. The average molecular weight is 477 g/mol. The van der Waals surface area contributed by atoms with Crippen molar-refractivity contribution in [2.24, 2.45) is 0 Å². The standard InChI is InChI=1S/C29H40N4O2/c1-3-9-24(4-2)33(25-11-6-5-7-12-25)29(35)22-32-18-16-31(17-19-32)15-8-10-23-21-30-28-14-13-26(34)20-27(23)28/h5-7,11-14,20-21,24,30,34H,3-4,8-10,15-19,22H2,1-2H3. The van der Waals surface area contributed by atoms with Crippen molar-refractivity contribution in [1.29, 1.82) is 0 Å². The van der Waals surface area contributed by atoms with E-state index < -0.39 is 0 Å². The summed E-state index contributed by atoms with van der Waals surface area (Å²) in [6.07, 6.45) is 7.21. The van der Waals surface area contributed by atoms with Crippen molar-refractivity contribution in [3.05, 3.63) is 60.3 Å². The molecule has 0 radical (unpaired) electrons. The first-order chi connectivity index (χ1) is 17.1. The number of anilines is 1. The van der Waals surface area contributed by atoms with Crippen LogP contribution in [0.15, 0.2) is 54.7 Å². The number of nitrogens with one attached hydrogen (secondary N) is 1. The number of carbonyl (C=O) groups excluding carboxylic acids is 1. The SMILES string of the molecule is CCCC(CC)N(C(=O)CN1CCN(CCCc2c[nH]c3ccc(O)cc23)CC1)c1ccccc1. The van der Waals surface area contributed by atoms with Crippen molar-refractivity contribution < 1.29 is 9.90 Å². The van der Waals surface area contributed by atoms with E-state index in [1.165, 1.54) is 5.56 Å². The van der Waals surface area contributed by atoms with Crippen molar-refractivity contribution in [2.75, 3.05) is 44.2 Å². The number of fused-ring (bicyclic) bond motifs is 1. The molecule has 0 bridgehead atoms. The molecule has 1 amide bonds. The van der Waals surface area contributed by atoms with Crippen molar-refractivity contribution in [1.82, 2.24) is 14.8 Å². The van der Waals surface area contributed by atoms with Gasteiger partial charge in [-0.15, -0.1) is 0 Å². The number of nitrogens with zero attached hydrogens (tertiary/aromatic N) is 3. The van der Waals surface area contributed by atoms with Crippen LogP contribution in [0.5, 0.6) is 5.75 Å². The summed E-state index contributed by atoms with van der Waals surface area (Å²) >= 11 is 0. The zero-order valence-corrected chi connectivity index (χ0v) is 21.2. The lowest BCUT2D eigenvalue weighted by molar-refractivity contribution is -0.120. The van der Waals surface area contributed by atoms with Crippen molar-refractivity contribution in [3.63, 3.8) is 0 Å². The Hall–Kier alpha value is -2.83. The fourth-order valence-corrected chi connectivity index (χ4v) is 5.30. The Morgan fingerprint density at radius 1 is 1.06 bits per heavy atom. The Morgan fingerprint density at radius 3 is 2.51 bits per heavy atom. The van der Waals surface area contributed by atoms with E-state index in [1.807, 2.05) is 30.3 Å². The highest BCUT2D eigenvalue weighted by molar-refractivity contribution is 5.95. The normalized spacial score (nSPS) is 15.9. The lowest BCUT2D eigenvalue weighted by Crippen LogP contribution is -2.51. The number of benzene rings is 2. The number of piperazine rings is 1. The van der Waals surface area contributed by atoms with Crippen LogP contribution in [0.25, 0.3) is 10.9 Å². The van der Waals surface area contributed by atoms with Crippen LogP contribution in [-0.2, 0) is 11.2 Å². The fourth-order valence-electron chi connectivity index (χ4n) is 5.30. The third kappa shape index (κ3) is 6.44. The van der Waals surface area contributed by atoms with Gasteiger partial charge in [-0.05, 0) is 68.1 Å². The lowest BCUT2D eigenvalue weighted by Gasteiger charge is -2.37. The summed E-state index contributed by atoms with van der Waals surface area (Å²) in [6.45, 7) is 9.78. The molecule has 1 aliphatic heterocycles. The molecule has 1 aliphatic rings. The number of phenols is 1. The maximum Gasteiger partial charge on any atom is 0.241 e. The van der Waals surface area contributed by atoms with Crippen LogP contribution >= 0.6 is 0 Å². The van der Waals surface area contributed by atoms with Gasteiger partial charge in [0.25, 0.3) is 0 Å². The molecular weight excluding hydrogens is 436 g/mol. The van der Waals surface area contributed by atoms with Gasteiger partial charge in [-0.1, -0.05) is 38.5 Å². The number of hydrogen-bond donors (Lipinski definition) is 2. The summed E-state index contributed by atoms with van der Waals surface area (Å²) < 4.78 is 0. The molecule has 1 aromatic heterocycles. The van der Waals surface area contributed by atoms with E-state index in [4.69, 9.17) is 0 Å². The maximum absolute atomic E-state index is 13.5. The fraction of sp³-hybridized carbons (Fsp3) is 0.483. The van der Waals surface area contributed by atoms with Crippen LogP contribution in [0.1, 0.15) is 45.1 Å². The lowest BCUT2D eigenvalue weighted by atomic mass is 10.1. The zero-order chi connectivity index (χ0) is 24.6. The van der Waals surface area contributed by atoms with Gasteiger partial charge in [0.05, 0.1) is 6.54 Å². The molecule has 2 heterocycles. The van der Waals surface area contributed by atoms with Gasteiger partial charge in [-0.25, -0.2) is 0 Å². The van der Waals surface area contributed by atoms with Gasteiger partial charge in [0.2, 0.25) is 5.91 Å². The number of aromatic nitrogens is 1. The minimum atomic E-state index is 0.215. The van der Waals surface area contributed by atoms with E-state index in [0.717, 1.165) is 81.4 Å². The minimum absolute atomic E-state index is 0.215. The predicted octanol–water partition coefficient (Wildman–Crippen LogP) is 5.04. The molecule has 1 saturated heterocycles. The van der Waals surface area contributed by atoms with Crippen LogP contribution in [0, 0.1) is 0 Å². The minimum Gasteiger partial charge on any atom is -0.508 e. The zero-order valence-electron chi connectivity index (χ0n) is 21.2. The molecule has 1 fully saturated rings. The molecule has 2 aromatic carbocycles. The number of aryl methyl sites for hydroxylation is 1. The number of aromatic hydroxyl groups is 1. The van der Waals surface area contributed by atoms with Gasteiger partial charge >= 0.3 is 0 Å².